The van der Waals surface area contributed by atoms with Gasteiger partial charge < -0.3 is 0 Å². The molecule has 1 heterocycles. The maximum Gasteiger partial charge on any atom is 0.0955 e. The van der Waals surface area contributed by atoms with Crippen LogP contribution in [0.25, 0.3) is 10.9 Å². The van der Waals surface area contributed by atoms with Crippen LogP contribution in [0.1, 0.15) is 19.4 Å². The van der Waals surface area contributed by atoms with E-state index in [0.29, 0.717) is 0 Å². The summed E-state index contributed by atoms with van der Waals surface area (Å²) in [6.07, 6.45) is 3.16. The molecule has 0 aliphatic heterocycles. The van der Waals surface area contributed by atoms with Gasteiger partial charge in [-0.2, -0.15) is 5.10 Å². The first kappa shape index (κ1) is 8.30. The van der Waals surface area contributed by atoms with Crippen LogP contribution in [-0.2, 0) is 13.0 Å². The Balaban J connectivity index is 2.67. The summed E-state index contributed by atoms with van der Waals surface area (Å²) in [5, 5.41) is 5.77. The Morgan fingerprint density at radius 3 is 2.85 bits per heavy atom. The molecule has 1 aromatic carbocycles. The fraction of sp³-hybridized carbons (Fsp3) is 0.364. The first-order valence-corrected chi connectivity index (χ1v) is 4.80. The van der Waals surface area contributed by atoms with Crippen LogP contribution in [0.4, 0.5) is 0 Å². The van der Waals surface area contributed by atoms with E-state index in [0.717, 1.165) is 18.5 Å². The van der Waals surface area contributed by atoms with Crippen molar-refractivity contribution in [1.82, 2.24) is 9.78 Å². The lowest BCUT2D eigenvalue weighted by Crippen LogP contribution is -1.93. The van der Waals surface area contributed by atoms with E-state index >= 15 is 0 Å². The Labute approximate surface area is 78.2 Å². The summed E-state index contributed by atoms with van der Waals surface area (Å²) in [6, 6.07) is 6.37. The van der Waals surface area contributed by atoms with Gasteiger partial charge in [0.2, 0.25) is 0 Å². The minimum Gasteiger partial charge on any atom is -0.272 e. The number of hydrogen-bond donors (Lipinski definition) is 0. The van der Waals surface area contributed by atoms with Gasteiger partial charge in [-0.15, -0.1) is 0 Å². The number of nitrogens with zero attached hydrogens (tertiary/aromatic N) is 2. The fourth-order valence-electron chi connectivity index (χ4n) is 1.60. The lowest BCUT2D eigenvalue weighted by molar-refractivity contribution is 0.667. The number of aromatic nitrogens is 2. The van der Waals surface area contributed by atoms with Gasteiger partial charge >= 0.3 is 0 Å². The van der Waals surface area contributed by atoms with E-state index < -0.39 is 0 Å². The summed E-state index contributed by atoms with van der Waals surface area (Å²) in [5.41, 5.74) is 2.50. The molecule has 0 spiro atoms. The third kappa shape index (κ3) is 1.32. The van der Waals surface area contributed by atoms with Crippen LogP contribution in [0.15, 0.2) is 24.4 Å². The molecule has 0 fully saturated rings. The maximum absolute atomic E-state index is 4.52. The minimum atomic E-state index is 0.942. The predicted molar refractivity (Wildman–Crippen MR) is 54.8 cm³/mol. The Kier molecular flexibility index (Phi) is 2.05. The molecule has 68 valence electrons. The van der Waals surface area contributed by atoms with E-state index in [2.05, 4.69) is 43.3 Å². The van der Waals surface area contributed by atoms with Crippen LogP contribution in [0.2, 0.25) is 0 Å². The van der Waals surface area contributed by atoms with Crippen LogP contribution in [-0.4, -0.2) is 9.78 Å². The summed E-state index contributed by atoms with van der Waals surface area (Å²) in [7, 11) is 0. The smallest absolute Gasteiger partial charge is 0.0955 e. The van der Waals surface area contributed by atoms with E-state index in [9.17, 15) is 0 Å². The molecule has 0 atom stereocenters. The van der Waals surface area contributed by atoms with Gasteiger partial charge in [-0.3, -0.25) is 4.68 Å². The van der Waals surface area contributed by atoms with Crippen molar-refractivity contribution in [3.8, 4) is 0 Å². The van der Waals surface area contributed by atoms with E-state index in [1.54, 1.807) is 0 Å². The zero-order valence-corrected chi connectivity index (χ0v) is 8.12. The highest BCUT2D eigenvalue weighted by Gasteiger charge is 2.02. The van der Waals surface area contributed by atoms with Gasteiger partial charge in [0.1, 0.15) is 0 Å². The highest BCUT2D eigenvalue weighted by atomic mass is 15.3. The highest BCUT2D eigenvalue weighted by molar-refractivity contribution is 5.81. The Hall–Kier alpha value is -1.31. The van der Waals surface area contributed by atoms with Crippen LogP contribution in [0, 0.1) is 0 Å². The average Bonchev–Trinajstić information content (AvgIpc) is 2.59. The Morgan fingerprint density at radius 1 is 1.31 bits per heavy atom. The Morgan fingerprint density at radius 2 is 2.15 bits per heavy atom. The molecule has 0 amide bonds. The topological polar surface area (TPSA) is 17.8 Å². The molecule has 0 saturated carbocycles. The second-order valence-electron chi connectivity index (χ2n) is 3.19. The SMILES string of the molecule is CCc1cccc2cn(CC)nc12. The first-order valence-electron chi connectivity index (χ1n) is 4.80. The minimum absolute atomic E-state index is 0.942. The molecule has 0 unspecified atom stereocenters. The van der Waals surface area contributed by atoms with Crippen molar-refractivity contribution in [2.45, 2.75) is 26.8 Å². The maximum atomic E-state index is 4.52. The molecule has 0 radical (unpaired) electrons. The van der Waals surface area contributed by atoms with Gasteiger partial charge in [0, 0.05) is 18.1 Å². The fourth-order valence-corrected chi connectivity index (χ4v) is 1.60. The molecular formula is C11H14N2. The highest BCUT2D eigenvalue weighted by Crippen LogP contribution is 2.17. The van der Waals surface area contributed by atoms with Crippen molar-refractivity contribution in [3.63, 3.8) is 0 Å². The van der Waals surface area contributed by atoms with Crippen molar-refractivity contribution in [3.05, 3.63) is 30.0 Å². The summed E-state index contributed by atoms with van der Waals surface area (Å²) in [5.74, 6) is 0. The summed E-state index contributed by atoms with van der Waals surface area (Å²) >= 11 is 0. The molecule has 2 rings (SSSR count). The van der Waals surface area contributed by atoms with Crippen LogP contribution in [0.5, 0.6) is 0 Å². The number of fused-ring (bicyclic) bond motifs is 1. The van der Waals surface area contributed by atoms with Crippen molar-refractivity contribution in [2.75, 3.05) is 0 Å². The molecule has 2 aromatic rings. The number of aryl methyl sites for hydroxylation is 2. The van der Waals surface area contributed by atoms with Crippen LogP contribution in [0.3, 0.4) is 0 Å². The second kappa shape index (κ2) is 3.21. The molecule has 1 aromatic heterocycles. The normalized spacial score (nSPS) is 10.9. The second-order valence-corrected chi connectivity index (χ2v) is 3.19. The standard InChI is InChI=1S/C11H14N2/c1-3-9-6-5-7-10-8-13(4-2)12-11(9)10/h5-8H,3-4H2,1-2H3. The predicted octanol–water partition coefficient (Wildman–Crippen LogP) is 2.62. The monoisotopic (exact) mass is 174 g/mol. The number of benzene rings is 1. The molecule has 2 heteroatoms. The van der Waals surface area contributed by atoms with E-state index in [1.165, 1.54) is 10.9 Å². The van der Waals surface area contributed by atoms with Gasteiger partial charge in [-0.25, -0.2) is 0 Å². The molecule has 0 N–H and O–H groups in total. The summed E-state index contributed by atoms with van der Waals surface area (Å²) in [6.45, 7) is 5.22. The van der Waals surface area contributed by atoms with E-state index in [4.69, 9.17) is 0 Å². The molecule has 0 aliphatic carbocycles. The van der Waals surface area contributed by atoms with Crippen molar-refractivity contribution < 1.29 is 0 Å². The van der Waals surface area contributed by atoms with Crippen LogP contribution < -0.4 is 0 Å². The molecule has 2 nitrogen and oxygen atoms in total. The zero-order chi connectivity index (χ0) is 9.26. The first-order chi connectivity index (χ1) is 6.35. The van der Waals surface area contributed by atoms with Crippen LogP contribution >= 0.6 is 0 Å². The zero-order valence-electron chi connectivity index (χ0n) is 8.12. The largest absolute Gasteiger partial charge is 0.272 e. The van der Waals surface area contributed by atoms with Gasteiger partial charge in [-0.1, -0.05) is 25.1 Å². The lowest BCUT2D eigenvalue weighted by atomic mass is 10.1. The Bertz CT molecular complexity index is 415. The summed E-state index contributed by atoms with van der Waals surface area (Å²) in [4.78, 5) is 0. The third-order valence-electron chi connectivity index (χ3n) is 2.37. The average molecular weight is 174 g/mol. The number of hydrogen-bond acceptors (Lipinski definition) is 1. The van der Waals surface area contributed by atoms with Gasteiger partial charge in [0.15, 0.2) is 0 Å². The number of rotatable bonds is 2. The lowest BCUT2D eigenvalue weighted by Gasteiger charge is -1.95. The molecule has 0 saturated heterocycles. The summed E-state index contributed by atoms with van der Waals surface area (Å²) < 4.78 is 1.99. The quantitative estimate of drug-likeness (QED) is 0.684. The van der Waals surface area contributed by atoms with Crippen molar-refractivity contribution >= 4 is 10.9 Å². The molecule has 0 aliphatic rings. The van der Waals surface area contributed by atoms with Crippen molar-refractivity contribution in [2.24, 2.45) is 0 Å². The third-order valence-corrected chi connectivity index (χ3v) is 2.37. The van der Waals surface area contributed by atoms with Gasteiger partial charge in [0.25, 0.3) is 0 Å². The van der Waals surface area contributed by atoms with Gasteiger partial charge in [-0.05, 0) is 18.9 Å². The van der Waals surface area contributed by atoms with Gasteiger partial charge in [0.05, 0.1) is 5.52 Å². The van der Waals surface area contributed by atoms with E-state index in [-0.39, 0.29) is 0 Å². The van der Waals surface area contributed by atoms with Crippen molar-refractivity contribution in [1.29, 1.82) is 0 Å². The van der Waals surface area contributed by atoms with E-state index in [1.807, 2.05) is 4.68 Å². The molecular weight excluding hydrogens is 160 g/mol. The molecule has 0 bridgehead atoms. The molecule has 13 heavy (non-hydrogen) atoms.